The summed E-state index contributed by atoms with van der Waals surface area (Å²) in [5.74, 6) is 1.43. The van der Waals surface area contributed by atoms with Gasteiger partial charge < -0.3 is 31.1 Å². The van der Waals surface area contributed by atoms with Gasteiger partial charge in [0.25, 0.3) is 0 Å². The number of nitrogens with one attached hydrogen (secondary N) is 2. The van der Waals surface area contributed by atoms with Crippen molar-refractivity contribution < 1.29 is 10.2 Å². The molecule has 2 heterocycles. The number of allylic oxidation sites excluding steroid dienone is 1. The summed E-state index contributed by atoms with van der Waals surface area (Å²) in [6.07, 6.45) is 10.00. The Hall–Kier alpha value is -1.83. The summed E-state index contributed by atoms with van der Waals surface area (Å²) in [4.78, 5) is 9.23. The lowest BCUT2D eigenvalue weighted by Gasteiger charge is -2.25. The van der Waals surface area contributed by atoms with Gasteiger partial charge in [-0.05, 0) is 26.0 Å². The largest absolute Gasteiger partial charge is 0.400 e. The molecule has 1 aliphatic carbocycles. The minimum Gasteiger partial charge on any atom is -0.400 e. The Kier molecular flexibility index (Phi) is 7.97. The summed E-state index contributed by atoms with van der Waals surface area (Å²) in [6, 6.07) is 2.03. The lowest BCUT2D eigenvalue weighted by atomic mass is 9.85. The molecule has 0 radical (unpaired) electrons. The molecule has 140 valence electrons. The number of nitrogens with two attached hydrogens (primary N) is 1. The molecule has 1 fully saturated rings. The van der Waals surface area contributed by atoms with Crippen LogP contribution in [0, 0.1) is 5.92 Å². The topological polar surface area (TPSA) is 110 Å². The highest BCUT2D eigenvalue weighted by atomic mass is 16.3. The molecule has 0 aromatic carbocycles. The first kappa shape index (κ1) is 19.5. The fraction of sp³-hybridized carbons (Fsp3) is 0.611. The number of hydrogen-bond acceptors (Lipinski definition) is 6. The second-order valence-electron chi connectivity index (χ2n) is 6.56. The van der Waals surface area contributed by atoms with Crippen LogP contribution in [0.5, 0.6) is 0 Å². The van der Waals surface area contributed by atoms with Crippen LogP contribution in [-0.2, 0) is 0 Å². The van der Waals surface area contributed by atoms with Gasteiger partial charge in [0.15, 0.2) is 0 Å². The highest BCUT2D eigenvalue weighted by molar-refractivity contribution is 5.87. The smallest absolute Gasteiger partial charge is 0.141 e. The maximum atomic E-state index is 8.34. The van der Waals surface area contributed by atoms with Gasteiger partial charge in [0.05, 0.1) is 25.2 Å². The number of nitrogens with zero attached hydrogens (tertiary/aromatic N) is 2. The molecular formula is C18H31N5O2. The molecule has 25 heavy (non-hydrogen) atoms. The van der Waals surface area contributed by atoms with E-state index in [0.717, 1.165) is 22.8 Å². The molecule has 7 heteroatoms. The van der Waals surface area contributed by atoms with Crippen LogP contribution in [0.4, 0.5) is 5.82 Å². The molecule has 0 unspecified atom stereocenters. The average molecular weight is 349 g/mol. The number of likely N-dealkylation sites (N-methyl/N-ethyl adjacent to an activating group) is 1. The number of aromatic amines is 1. The van der Waals surface area contributed by atoms with Gasteiger partial charge in [-0.1, -0.05) is 19.3 Å². The summed E-state index contributed by atoms with van der Waals surface area (Å²) < 4.78 is 0. The van der Waals surface area contributed by atoms with E-state index in [1.807, 2.05) is 24.2 Å². The zero-order chi connectivity index (χ0) is 18.1. The van der Waals surface area contributed by atoms with E-state index in [4.69, 9.17) is 15.9 Å². The van der Waals surface area contributed by atoms with Crippen molar-refractivity contribution in [3.05, 3.63) is 23.5 Å². The maximum Gasteiger partial charge on any atom is 0.141 e. The van der Waals surface area contributed by atoms with E-state index in [9.17, 15) is 0 Å². The minimum absolute atomic E-state index is 0.163. The number of aromatic nitrogens is 1. The third kappa shape index (κ3) is 5.59. The van der Waals surface area contributed by atoms with Gasteiger partial charge in [0, 0.05) is 36.5 Å². The number of fused-ring (bicyclic) bond motifs is 1. The lowest BCUT2D eigenvalue weighted by Crippen LogP contribution is -2.25. The van der Waals surface area contributed by atoms with Crippen LogP contribution in [0.15, 0.2) is 23.0 Å². The van der Waals surface area contributed by atoms with Gasteiger partial charge >= 0.3 is 0 Å². The maximum absolute atomic E-state index is 8.34. The molecule has 3 rings (SSSR count). The predicted molar refractivity (Wildman–Crippen MR) is 101 cm³/mol. The van der Waals surface area contributed by atoms with Crippen LogP contribution in [-0.4, -0.2) is 59.8 Å². The Labute approximate surface area is 149 Å². The first-order chi connectivity index (χ1) is 12.2. The van der Waals surface area contributed by atoms with Gasteiger partial charge in [0.2, 0.25) is 0 Å². The van der Waals surface area contributed by atoms with Crippen molar-refractivity contribution in [3.63, 3.8) is 0 Å². The normalized spacial score (nSPS) is 19.0. The number of H-pyrrole nitrogens is 1. The van der Waals surface area contributed by atoms with E-state index < -0.39 is 0 Å². The Morgan fingerprint density at radius 1 is 1.24 bits per heavy atom. The summed E-state index contributed by atoms with van der Waals surface area (Å²) in [7, 11) is 1.85. The fourth-order valence-electron chi connectivity index (χ4n) is 3.22. The fourth-order valence-corrected chi connectivity index (χ4v) is 3.22. The average Bonchev–Trinajstić information content (AvgIpc) is 3.12. The molecule has 2 aliphatic rings. The van der Waals surface area contributed by atoms with Crippen LogP contribution in [0.25, 0.3) is 5.70 Å². The summed E-state index contributed by atoms with van der Waals surface area (Å²) in [5, 5.41) is 19.9. The quantitative estimate of drug-likeness (QED) is 0.552. The first-order valence-corrected chi connectivity index (χ1v) is 9.04. The van der Waals surface area contributed by atoms with Gasteiger partial charge in [-0.3, -0.25) is 0 Å². The zero-order valence-corrected chi connectivity index (χ0v) is 15.0. The summed E-state index contributed by atoms with van der Waals surface area (Å²) >= 11 is 0. The van der Waals surface area contributed by atoms with Crippen molar-refractivity contribution >= 4 is 17.9 Å². The third-order valence-electron chi connectivity index (χ3n) is 4.69. The van der Waals surface area contributed by atoms with Crippen molar-refractivity contribution in [1.29, 1.82) is 0 Å². The number of rotatable bonds is 5. The lowest BCUT2D eigenvalue weighted by molar-refractivity contribution is 0.184. The van der Waals surface area contributed by atoms with Gasteiger partial charge in [-0.15, -0.1) is 0 Å². The highest BCUT2D eigenvalue weighted by Gasteiger charge is 2.22. The van der Waals surface area contributed by atoms with E-state index in [0.29, 0.717) is 19.0 Å². The van der Waals surface area contributed by atoms with Crippen LogP contribution >= 0.6 is 0 Å². The van der Waals surface area contributed by atoms with E-state index in [-0.39, 0.29) is 13.2 Å². The minimum atomic E-state index is 0.163. The summed E-state index contributed by atoms with van der Waals surface area (Å²) in [5.41, 5.74) is 9.47. The van der Waals surface area contributed by atoms with Crippen molar-refractivity contribution in [2.45, 2.75) is 32.1 Å². The molecule has 7 nitrogen and oxygen atoms in total. The van der Waals surface area contributed by atoms with Crippen LogP contribution in [0.3, 0.4) is 0 Å². The number of hydrogen-bond donors (Lipinski definition) is 5. The summed E-state index contributed by atoms with van der Waals surface area (Å²) in [6.45, 7) is 1.61. The van der Waals surface area contributed by atoms with Crippen LogP contribution in [0.1, 0.15) is 37.7 Å². The molecular weight excluding hydrogens is 318 g/mol. The van der Waals surface area contributed by atoms with E-state index >= 15 is 0 Å². The van der Waals surface area contributed by atoms with Gasteiger partial charge in [-0.25, -0.2) is 4.99 Å². The SMILES string of the molecule is CN(CCO)CCO.N/C(=C1\NC=Nc2[nH]ccc21)C1CCCCC1. The molecule has 1 aromatic rings. The Balaban J connectivity index is 0.000000242. The van der Waals surface area contributed by atoms with E-state index in [2.05, 4.69) is 15.3 Å². The van der Waals surface area contributed by atoms with Crippen molar-refractivity contribution in [1.82, 2.24) is 15.2 Å². The van der Waals surface area contributed by atoms with Gasteiger partial charge in [0.1, 0.15) is 5.82 Å². The molecule has 1 aliphatic heterocycles. The van der Waals surface area contributed by atoms with Crippen molar-refractivity contribution in [2.75, 3.05) is 33.4 Å². The van der Waals surface area contributed by atoms with Crippen molar-refractivity contribution in [2.24, 2.45) is 16.6 Å². The molecule has 0 saturated heterocycles. The second kappa shape index (κ2) is 10.2. The first-order valence-electron chi connectivity index (χ1n) is 9.04. The predicted octanol–water partition coefficient (Wildman–Crippen LogP) is 1.39. The monoisotopic (exact) mass is 349 g/mol. The van der Waals surface area contributed by atoms with E-state index in [1.165, 1.54) is 32.1 Å². The highest BCUT2D eigenvalue weighted by Crippen LogP contribution is 2.33. The van der Waals surface area contributed by atoms with Crippen molar-refractivity contribution in [3.8, 4) is 0 Å². The molecule has 0 amide bonds. The zero-order valence-electron chi connectivity index (χ0n) is 15.0. The second-order valence-corrected chi connectivity index (χ2v) is 6.56. The number of aliphatic hydroxyl groups excluding tert-OH is 2. The van der Waals surface area contributed by atoms with Crippen LogP contribution < -0.4 is 11.1 Å². The molecule has 1 saturated carbocycles. The Bertz CT molecular complexity index is 570. The third-order valence-corrected chi connectivity index (χ3v) is 4.69. The molecule has 0 spiro atoms. The number of aliphatic hydroxyl groups is 2. The molecule has 0 bridgehead atoms. The molecule has 6 N–H and O–H groups in total. The standard InChI is InChI=1S/C13H18N4.C5H13NO2/c14-11(9-4-2-1-3-5-9)12-10-6-7-15-13(10)17-8-16-12;1-6(2-4-7)3-5-8/h6-9,15H,1-5,14H2,(H,16,17);7-8H,2-5H2,1H3/b12-11-;. The van der Waals surface area contributed by atoms with E-state index in [1.54, 1.807) is 6.34 Å². The number of aliphatic imine (C=N–C) groups is 1. The van der Waals surface area contributed by atoms with Crippen LogP contribution in [0.2, 0.25) is 0 Å². The Morgan fingerprint density at radius 3 is 2.56 bits per heavy atom. The Morgan fingerprint density at radius 2 is 1.92 bits per heavy atom. The van der Waals surface area contributed by atoms with Gasteiger partial charge in [-0.2, -0.15) is 0 Å². The molecule has 1 aromatic heterocycles. The molecule has 0 atom stereocenters.